The van der Waals surface area contributed by atoms with Crippen LogP contribution in [0.15, 0.2) is 91.3 Å². The second kappa shape index (κ2) is 8.97. The van der Waals surface area contributed by atoms with E-state index < -0.39 is 0 Å². The molecule has 180 valence electrons. The fourth-order valence-corrected chi connectivity index (χ4v) is 5.51. The lowest BCUT2D eigenvalue weighted by Gasteiger charge is -2.18. The van der Waals surface area contributed by atoms with Gasteiger partial charge in [-0.25, -0.2) is 0 Å². The summed E-state index contributed by atoms with van der Waals surface area (Å²) in [5, 5.41) is 3.71. The minimum Gasteiger partial charge on any atom is -0.256 e. The first-order chi connectivity index (χ1) is 17.9. The highest BCUT2D eigenvalue weighted by molar-refractivity contribution is 6.13. The average molecular weight is 479 g/mol. The summed E-state index contributed by atoms with van der Waals surface area (Å²) in [7, 11) is 0. The summed E-state index contributed by atoms with van der Waals surface area (Å²) in [5.41, 5.74) is 14.4. The third kappa shape index (κ3) is 3.99. The van der Waals surface area contributed by atoms with Crippen molar-refractivity contribution in [1.82, 2.24) is 9.97 Å². The molecular weight excluding hydrogens is 448 g/mol. The monoisotopic (exact) mass is 478 g/mol. The van der Waals surface area contributed by atoms with Crippen LogP contribution in [0.25, 0.3) is 55.2 Å². The van der Waals surface area contributed by atoms with Crippen LogP contribution < -0.4 is 0 Å². The van der Waals surface area contributed by atoms with Gasteiger partial charge in [0.05, 0.1) is 11.2 Å². The van der Waals surface area contributed by atoms with Crippen LogP contribution in [0.1, 0.15) is 27.8 Å². The van der Waals surface area contributed by atoms with Gasteiger partial charge in [0.1, 0.15) is 0 Å². The number of benzene rings is 4. The van der Waals surface area contributed by atoms with Crippen molar-refractivity contribution in [2.24, 2.45) is 0 Å². The molecule has 2 aromatic heterocycles. The maximum absolute atomic E-state index is 4.72. The molecule has 0 saturated carbocycles. The van der Waals surface area contributed by atoms with Gasteiger partial charge in [0.2, 0.25) is 0 Å². The number of hydrogen-bond acceptors (Lipinski definition) is 2. The molecule has 6 aromatic rings. The number of pyridine rings is 2. The van der Waals surface area contributed by atoms with Crippen LogP contribution in [0.4, 0.5) is 0 Å². The predicted molar refractivity (Wildman–Crippen MR) is 157 cm³/mol. The van der Waals surface area contributed by atoms with Crippen molar-refractivity contribution in [2.75, 3.05) is 0 Å². The van der Waals surface area contributed by atoms with Crippen LogP contribution in [0.5, 0.6) is 0 Å². The van der Waals surface area contributed by atoms with Gasteiger partial charge >= 0.3 is 0 Å². The molecule has 4 aromatic carbocycles. The van der Waals surface area contributed by atoms with Crippen LogP contribution in [0.3, 0.4) is 0 Å². The summed E-state index contributed by atoms with van der Waals surface area (Å²) >= 11 is 0. The van der Waals surface area contributed by atoms with E-state index in [2.05, 4.69) is 107 Å². The number of nitrogens with zero attached hydrogens (tertiary/aromatic N) is 2. The molecular formula is C35H30N2. The van der Waals surface area contributed by atoms with Gasteiger partial charge < -0.3 is 0 Å². The van der Waals surface area contributed by atoms with E-state index in [1.54, 1.807) is 0 Å². The fourth-order valence-electron chi connectivity index (χ4n) is 5.51. The SMILES string of the molecule is Cc1ccc2c(c1)c(-c1ccc(C)c(-c3cccc(-c4cc(C)c(C)cn4)c3)c1C)cc1ncccc12. The topological polar surface area (TPSA) is 25.8 Å². The van der Waals surface area contributed by atoms with E-state index in [-0.39, 0.29) is 0 Å². The molecule has 0 N–H and O–H groups in total. The zero-order valence-electron chi connectivity index (χ0n) is 22.1. The Morgan fingerprint density at radius 1 is 0.541 bits per heavy atom. The van der Waals surface area contributed by atoms with Gasteiger partial charge in [0.25, 0.3) is 0 Å². The normalized spacial score (nSPS) is 11.4. The Labute approximate surface area is 218 Å². The third-order valence-electron chi connectivity index (χ3n) is 7.66. The first-order valence-electron chi connectivity index (χ1n) is 12.8. The molecule has 0 atom stereocenters. The van der Waals surface area contributed by atoms with Gasteiger partial charge in [-0.2, -0.15) is 0 Å². The minimum absolute atomic E-state index is 1.01. The Balaban J connectivity index is 1.57. The summed E-state index contributed by atoms with van der Waals surface area (Å²) in [4.78, 5) is 9.44. The van der Waals surface area contributed by atoms with E-state index in [4.69, 9.17) is 9.97 Å². The predicted octanol–water partition coefficient (Wildman–Crippen LogP) is 9.33. The van der Waals surface area contributed by atoms with Crippen LogP contribution >= 0.6 is 0 Å². The van der Waals surface area contributed by atoms with Gasteiger partial charge in [-0.15, -0.1) is 0 Å². The summed E-state index contributed by atoms with van der Waals surface area (Å²) in [6, 6.07) is 28.7. The van der Waals surface area contributed by atoms with E-state index in [1.165, 1.54) is 66.2 Å². The maximum Gasteiger partial charge on any atom is 0.0714 e. The highest BCUT2D eigenvalue weighted by atomic mass is 14.7. The molecule has 2 nitrogen and oxygen atoms in total. The van der Waals surface area contributed by atoms with Crippen LogP contribution in [0.2, 0.25) is 0 Å². The minimum atomic E-state index is 1.01. The molecule has 6 rings (SSSR count). The van der Waals surface area contributed by atoms with E-state index in [9.17, 15) is 0 Å². The molecule has 0 spiro atoms. The summed E-state index contributed by atoms with van der Waals surface area (Å²) < 4.78 is 0. The Bertz CT molecular complexity index is 1830. The zero-order chi connectivity index (χ0) is 25.7. The lowest BCUT2D eigenvalue weighted by atomic mass is 9.86. The largest absolute Gasteiger partial charge is 0.256 e. The molecule has 2 heteroatoms. The molecule has 0 fully saturated rings. The molecule has 0 aliphatic carbocycles. The molecule has 0 aliphatic rings. The number of aryl methyl sites for hydroxylation is 4. The second-order valence-corrected chi connectivity index (χ2v) is 10.2. The van der Waals surface area contributed by atoms with Crippen molar-refractivity contribution in [3.63, 3.8) is 0 Å². The van der Waals surface area contributed by atoms with Gasteiger partial charge in [-0.1, -0.05) is 60.2 Å². The smallest absolute Gasteiger partial charge is 0.0714 e. The molecule has 0 unspecified atom stereocenters. The summed E-state index contributed by atoms with van der Waals surface area (Å²) in [6.45, 7) is 10.9. The maximum atomic E-state index is 4.72. The number of aromatic nitrogens is 2. The Morgan fingerprint density at radius 2 is 1.38 bits per heavy atom. The molecule has 37 heavy (non-hydrogen) atoms. The van der Waals surface area contributed by atoms with E-state index in [0.29, 0.717) is 0 Å². The fraction of sp³-hybridized carbons (Fsp3) is 0.143. The van der Waals surface area contributed by atoms with Crippen molar-refractivity contribution in [3.05, 3.63) is 119 Å². The lowest BCUT2D eigenvalue weighted by molar-refractivity contribution is 1.22. The number of fused-ring (bicyclic) bond motifs is 3. The number of hydrogen-bond donors (Lipinski definition) is 0. The molecule has 0 radical (unpaired) electrons. The van der Waals surface area contributed by atoms with E-state index in [0.717, 1.165) is 16.8 Å². The average Bonchev–Trinajstić information content (AvgIpc) is 2.90. The van der Waals surface area contributed by atoms with Crippen LogP contribution in [-0.4, -0.2) is 9.97 Å². The molecule has 2 heterocycles. The van der Waals surface area contributed by atoms with Crippen molar-refractivity contribution < 1.29 is 0 Å². The standard InChI is InChI=1S/C35H30N2/c1-21-11-13-29-30-10-7-15-36-34(30)19-32(31(29)16-21)28-14-12-22(2)35(25(28)5)27-9-6-8-26(18-27)33-17-23(3)24(4)20-37-33/h6-20H,1-5H3. The summed E-state index contributed by atoms with van der Waals surface area (Å²) in [6.07, 6.45) is 3.85. The van der Waals surface area contributed by atoms with Crippen LogP contribution in [-0.2, 0) is 0 Å². The molecule has 0 aliphatic heterocycles. The number of rotatable bonds is 3. The van der Waals surface area contributed by atoms with Gasteiger partial charge in [0.15, 0.2) is 0 Å². The zero-order valence-corrected chi connectivity index (χ0v) is 22.1. The van der Waals surface area contributed by atoms with E-state index >= 15 is 0 Å². The Kier molecular flexibility index (Phi) is 5.61. The van der Waals surface area contributed by atoms with Crippen molar-refractivity contribution in [3.8, 4) is 33.5 Å². The molecule has 0 bridgehead atoms. The second-order valence-electron chi connectivity index (χ2n) is 10.2. The van der Waals surface area contributed by atoms with Gasteiger partial charge in [0, 0.05) is 23.3 Å². The third-order valence-corrected chi connectivity index (χ3v) is 7.66. The Hall–Kier alpha value is -4.30. The van der Waals surface area contributed by atoms with Crippen LogP contribution in [0, 0.1) is 34.6 Å². The van der Waals surface area contributed by atoms with Crippen molar-refractivity contribution in [2.45, 2.75) is 34.6 Å². The molecule has 0 amide bonds. The van der Waals surface area contributed by atoms with Gasteiger partial charge in [-0.3, -0.25) is 9.97 Å². The van der Waals surface area contributed by atoms with Crippen molar-refractivity contribution in [1.29, 1.82) is 0 Å². The van der Waals surface area contributed by atoms with Crippen molar-refractivity contribution >= 4 is 21.7 Å². The lowest BCUT2D eigenvalue weighted by Crippen LogP contribution is -1.95. The summed E-state index contributed by atoms with van der Waals surface area (Å²) in [5.74, 6) is 0. The van der Waals surface area contributed by atoms with Gasteiger partial charge in [-0.05, 0) is 114 Å². The highest BCUT2D eigenvalue weighted by Crippen LogP contribution is 2.40. The molecule has 0 saturated heterocycles. The highest BCUT2D eigenvalue weighted by Gasteiger charge is 2.16. The first kappa shape index (κ1) is 23.1. The Morgan fingerprint density at radius 3 is 2.22 bits per heavy atom. The first-order valence-corrected chi connectivity index (χ1v) is 12.8. The van der Waals surface area contributed by atoms with E-state index in [1.807, 2.05) is 18.5 Å². The quantitative estimate of drug-likeness (QED) is 0.237.